The molecule has 1 saturated heterocycles. The van der Waals surface area contributed by atoms with Crippen LogP contribution in [-0.4, -0.2) is 29.0 Å². The molecule has 0 unspecified atom stereocenters. The smallest absolute Gasteiger partial charge is 0.257 e. The Morgan fingerprint density at radius 1 is 1.25 bits per heavy atom. The Kier molecular flexibility index (Phi) is 5.06. The quantitative estimate of drug-likeness (QED) is 0.671. The highest BCUT2D eigenvalue weighted by atomic mass is 32.1. The zero-order valence-corrected chi connectivity index (χ0v) is 17.7. The third-order valence-electron chi connectivity index (χ3n) is 5.47. The number of thiophene rings is 1. The van der Waals surface area contributed by atoms with E-state index < -0.39 is 0 Å². The highest BCUT2D eigenvalue weighted by Gasteiger charge is 2.26. The van der Waals surface area contributed by atoms with Gasteiger partial charge in [0, 0.05) is 23.7 Å². The average Bonchev–Trinajstić information content (AvgIpc) is 3.00. The van der Waals surface area contributed by atoms with Gasteiger partial charge in [0.05, 0.1) is 10.9 Å². The molecule has 0 spiro atoms. The number of piperidine rings is 1. The van der Waals surface area contributed by atoms with E-state index in [1.165, 1.54) is 6.42 Å². The predicted octanol–water partition coefficient (Wildman–Crippen LogP) is 5.11. The van der Waals surface area contributed by atoms with E-state index in [0.29, 0.717) is 11.5 Å². The minimum absolute atomic E-state index is 0.0847. The number of hydrogen-bond acceptors (Lipinski definition) is 5. The molecule has 0 bridgehead atoms. The lowest BCUT2D eigenvalue weighted by atomic mass is 10.00. The summed E-state index contributed by atoms with van der Waals surface area (Å²) < 4.78 is 0. The van der Waals surface area contributed by atoms with Crippen LogP contribution in [0.25, 0.3) is 10.2 Å². The fourth-order valence-electron chi connectivity index (χ4n) is 3.98. The van der Waals surface area contributed by atoms with Crippen LogP contribution < -0.4 is 10.2 Å². The number of nitrogens with one attached hydrogen (secondary N) is 1. The first-order valence-corrected chi connectivity index (χ1v) is 10.6. The Balaban J connectivity index is 1.77. The van der Waals surface area contributed by atoms with Gasteiger partial charge in [-0.1, -0.05) is 19.1 Å². The van der Waals surface area contributed by atoms with Gasteiger partial charge in [-0.3, -0.25) is 4.79 Å². The second kappa shape index (κ2) is 7.51. The summed E-state index contributed by atoms with van der Waals surface area (Å²) in [6.07, 6.45) is 4.02. The Hall–Kier alpha value is -2.47. The van der Waals surface area contributed by atoms with E-state index in [9.17, 15) is 4.79 Å². The molecule has 1 fully saturated rings. The van der Waals surface area contributed by atoms with E-state index >= 15 is 0 Å². The number of hydrogen-bond donors (Lipinski definition) is 1. The van der Waals surface area contributed by atoms with Crippen LogP contribution in [0.4, 0.5) is 11.5 Å². The first kappa shape index (κ1) is 18.9. The zero-order valence-electron chi connectivity index (χ0n) is 16.9. The average molecular weight is 395 g/mol. The first-order valence-electron chi connectivity index (χ1n) is 9.81. The number of anilines is 2. The minimum atomic E-state index is -0.0847. The molecule has 3 heterocycles. The van der Waals surface area contributed by atoms with Crippen molar-refractivity contribution < 1.29 is 4.79 Å². The van der Waals surface area contributed by atoms with Gasteiger partial charge in [-0.15, -0.1) is 11.3 Å². The van der Waals surface area contributed by atoms with Crippen LogP contribution in [-0.2, 0) is 0 Å². The lowest BCUT2D eigenvalue weighted by molar-refractivity contribution is 0.102. The number of amides is 1. The molecule has 4 rings (SSSR count). The summed E-state index contributed by atoms with van der Waals surface area (Å²) in [4.78, 5) is 26.5. The normalized spacial score (nSPS) is 17.1. The van der Waals surface area contributed by atoms with Crippen molar-refractivity contribution in [1.82, 2.24) is 9.97 Å². The third-order valence-corrected chi connectivity index (χ3v) is 6.48. The Morgan fingerprint density at radius 2 is 2.07 bits per heavy atom. The number of benzene rings is 1. The predicted molar refractivity (Wildman–Crippen MR) is 117 cm³/mol. The third kappa shape index (κ3) is 3.49. The van der Waals surface area contributed by atoms with Gasteiger partial charge in [-0.2, -0.15) is 0 Å². The van der Waals surface area contributed by atoms with Crippen molar-refractivity contribution in [3.63, 3.8) is 0 Å². The molecule has 1 atom stereocenters. The summed E-state index contributed by atoms with van der Waals surface area (Å²) in [5, 5.41) is 4.01. The lowest BCUT2D eigenvalue weighted by Gasteiger charge is -2.32. The maximum absolute atomic E-state index is 13.3. The van der Waals surface area contributed by atoms with Gasteiger partial charge in [0.1, 0.15) is 17.0 Å². The number of fused-ring (bicyclic) bond motifs is 1. The van der Waals surface area contributed by atoms with Crippen molar-refractivity contribution in [3.05, 3.63) is 46.1 Å². The molecule has 1 aromatic carbocycles. The van der Waals surface area contributed by atoms with Gasteiger partial charge in [-0.25, -0.2) is 9.97 Å². The zero-order chi connectivity index (χ0) is 19.8. The van der Waals surface area contributed by atoms with Gasteiger partial charge in [0.25, 0.3) is 5.91 Å². The van der Waals surface area contributed by atoms with Crippen LogP contribution >= 0.6 is 11.3 Å². The molecule has 5 nitrogen and oxygen atoms in total. The van der Waals surface area contributed by atoms with Gasteiger partial charge < -0.3 is 10.2 Å². The van der Waals surface area contributed by atoms with Gasteiger partial charge >= 0.3 is 0 Å². The van der Waals surface area contributed by atoms with Gasteiger partial charge in [0.15, 0.2) is 0 Å². The SMILES string of the molecule is Cc1ccc(C)c(NC(=O)c2c(C)sc3ncnc(N4CCC[C@H](C)C4)c23)c1. The summed E-state index contributed by atoms with van der Waals surface area (Å²) in [6.45, 7) is 10.3. The van der Waals surface area contributed by atoms with Crippen LogP contribution in [0.5, 0.6) is 0 Å². The van der Waals surface area contributed by atoms with Crippen molar-refractivity contribution in [1.29, 1.82) is 0 Å². The summed E-state index contributed by atoms with van der Waals surface area (Å²) in [7, 11) is 0. The molecule has 0 saturated carbocycles. The molecule has 6 heteroatoms. The van der Waals surface area contributed by atoms with Crippen LogP contribution in [0.2, 0.25) is 0 Å². The van der Waals surface area contributed by atoms with E-state index in [1.54, 1.807) is 17.7 Å². The van der Waals surface area contributed by atoms with Crippen LogP contribution in [0.15, 0.2) is 24.5 Å². The summed E-state index contributed by atoms with van der Waals surface area (Å²) in [5.74, 6) is 1.44. The summed E-state index contributed by atoms with van der Waals surface area (Å²) in [5.41, 5.74) is 3.74. The van der Waals surface area contributed by atoms with Crippen LogP contribution in [0.3, 0.4) is 0 Å². The van der Waals surface area contributed by atoms with Crippen molar-refractivity contribution in [2.75, 3.05) is 23.3 Å². The topological polar surface area (TPSA) is 58.1 Å². The molecule has 28 heavy (non-hydrogen) atoms. The Labute approximate surface area is 169 Å². The van der Waals surface area contributed by atoms with Crippen molar-refractivity contribution >= 4 is 39.0 Å². The molecule has 1 amide bonds. The number of nitrogens with zero attached hydrogens (tertiary/aromatic N) is 3. The minimum Gasteiger partial charge on any atom is -0.356 e. The summed E-state index contributed by atoms with van der Waals surface area (Å²) >= 11 is 1.57. The molecular formula is C22H26N4OS. The summed E-state index contributed by atoms with van der Waals surface area (Å²) in [6, 6.07) is 6.10. The second-order valence-electron chi connectivity index (χ2n) is 7.88. The largest absolute Gasteiger partial charge is 0.356 e. The van der Waals surface area contributed by atoms with Gasteiger partial charge in [0.2, 0.25) is 0 Å². The number of aryl methyl sites for hydroxylation is 3. The van der Waals surface area contributed by atoms with Crippen LogP contribution in [0, 0.1) is 26.7 Å². The fourth-order valence-corrected chi connectivity index (χ4v) is 4.96. The Morgan fingerprint density at radius 3 is 2.86 bits per heavy atom. The van der Waals surface area contributed by atoms with Crippen LogP contribution in [0.1, 0.15) is 46.1 Å². The number of aromatic nitrogens is 2. The van der Waals surface area contributed by atoms with E-state index in [4.69, 9.17) is 0 Å². The van der Waals surface area contributed by atoms with Gasteiger partial charge in [-0.05, 0) is 56.7 Å². The highest BCUT2D eigenvalue weighted by Crippen LogP contribution is 2.37. The monoisotopic (exact) mass is 394 g/mol. The van der Waals surface area contributed by atoms with E-state index in [2.05, 4.69) is 33.2 Å². The first-order chi connectivity index (χ1) is 13.4. The molecule has 1 N–H and O–H groups in total. The molecule has 1 aliphatic heterocycles. The van der Waals surface area contributed by atoms with E-state index in [0.717, 1.165) is 57.2 Å². The van der Waals surface area contributed by atoms with Crippen molar-refractivity contribution in [2.45, 2.75) is 40.5 Å². The number of carbonyl (C=O) groups is 1. The fraction of sp³-hybridized carbons (Fsp3) is 0.409. The lowest BCUT2D eigenvalue weighted by Crippen LogP contribution is -2.35. The highest BCUT2D eigenvalue weighted by molar-refractivity contribution is 7.19. The van der Waals surface area contributed by atoms with E-state index in [-0.39, 0.29) is 5.91 Å². The number of rotatable bonds is 3. The molecule has 2 aromatic heterocycles. The number of carbonyl (C=O) groups excluding carboxylic acids is 1. The van der Waals surface area contributed by atoms with Crippen molar-refractivity contribution in [2.24, 2.45) is 5.92 Å². The molecule has 0 aliphatic carbocycles. The molecular weight excluding hydrogens is 368 g/mol. The van der Waals surface area contributed by atoms with E-state index in [1.807, 2.05) is 32.9 Å². The molecule has 0 radical (unpaired) electrons. The van der Waals surface area contributed by atoms with Crippen molar-refractivity contribution in [3.8, 4) is 0 Å². The second-order valence-corrected chi connectivity index (χ2v) is 9.08. The standard InChI is InChI=1S/C22H26N4OS/c1-13-7-8-15(3)17(10-13)25-21(27)18-16(4)28-22-19(18)20(23-12-24-22)26-9-5-6-14(2)11-26/h7-8,10,12,14H,5-6,9,11H2,1-4H3,(H,25,27)/t14-/m0/s1. The molecule has 146 valence electrons. The maximum atomic E-state index is 13.3. The molecule has 3 aromatic rings. The maximum Gasteiger partial charge on any atom is 0.257 e. The Bertz CT molecular complexity index is 1040. The molecule has 1 aliphatic rings.